The molecule has 0 amide bonds. The van der Waals surface area contributed by atoms with Crippen LogP contribution in [-0.4, -0.2) is 25.6 Å². The van der Waals surface area contributed by atoms with Crippen LogP contribution in [0.2, 0.25) is 0 Å². The summed E-state index contributed by atoms with van der Waals surface area (Å²) in [6.07, 6.45) is 0. The molecule has 0 aromatic carbocycles. The maximum Gasteiger partial charge on any atom is 0.414 e. The van der Waals surface area contributed by atoms with Crippen LogP contribution in [0.25, 0.3) is 0 Å². The Kier molecular flexibility index (Phi) is 1.89. The highest BCUT2D eigenvalue weighted by molar-refractivity contribution is 5.89. The number of nitro groups is 1. The zero-order valence-electron chi connectivity index (χ0n) is 6.47. The highest BCUT2D eigenvalue weighted by Crippen LogP contribution is 2.11. The number of hydrogen-bond donors (Lipinski definition) is 2. The third-order valence-electron chi connectivity index (χ3n) is 1.47. The van der Waals surface area contributed by atoms with Crippen LogP contribution in [0.1, 0.15) is 10.5 Å². The number of aromatic carboxylic acids is 1. The van der Waals surface area contributed by atoms with Crippen LogP contribution >= 0.6 is 0 Å². The van der Waals surface area contributed by atoms with Crippen LogP contribution in [0.5, 0.6) is 0 Å². The average molecular weight is 187 g/mol. The Bertz CT molecular complexity index is 428. The molecule has 70 valence electrons. The highest BCUT2D eigenvalue weighted by Gasteiger charge is 2.26. The third kappa shape index (κ3) is 1.28. The molecule has 0 saturated heterocycles. The Hall–Kier alpha value is -2.12. The Labute approximate surface area is 70.6 Å². The second kappa shape index (κ2) is 2.73. The number of rotatable bonds is 2. The fourth-order valence-electron chi connectivity index (χ4n) is 0.882. The maximum atomic E-state index is 10.8. The predicted molar refractivity (Wildman–Crippen MR) is 39.6 cm³/mol. The van der Waals surface area contributed by atoms with Gasteiger partial charge in [-0.2, -0.15) is 4.98 Å². The zero-order valence-corrected chi connectivity index (χ0v) is 6.47. The summed E-state index contributed by atoms with van der Waals surface area (Å²) < 4.78 is 0.667. The monoisotopic (exact) mass is 187 g/mol. The van der Waals surface area contributed by atoms with Crippen LogP contribution in [-0.2, 0) is 7.05 Å². The molecule has 13 heavy (non-hydrogen) atoms. The van der Waals surface area contributed by atoms with Crippen molar-refractivity contribution in [3.63, 3.8) is 0 Å². The van der Waals surface area contributed by atoms with Crippen molar-refractivity contribution < 1.29 is 14.8 Å². The molecule has 1 rings (SSSR count). The first-order valence-corrected chi connectivity index (χ1v) is 3.12. The number of nitrogens with zero attached hydrogens (tertiary/aromatic N) is 2. The summed E-state index contributed by atoms with van der Waals surface area (Å²) in [7, 11) is 1.13. The molecule has 0 aliphatic heterocycles. The van der Waals surface area contributed by atoms with E-state index in [1.165, 1.54) is 0 Å². The van der Waals surface area contributed by atoms with E-state index in [4.69, 9.17) is 5.11 Å². The van der Waals surface area contributed by atoms with E-state index in [1.807, 2.05) is 4.98 Å². The Morgan fingerprint density at radius 2 is 2.23 bits per heavy atom. The first-order valence-electron chi connectivity index (χ1n) is 3.12. The van der Waals surface area contributed by atoms with Gasteiger partial charge < -0.3 is 15.2 Å². The Morgan fingerprint density at radius 1 is 1.69 bits per heavy atom. The SMILES string of the molecule is Cn1c(C(=O)O)c([N+](=O)[O-])[nH]c1=O. The van der Waals surface area contributed by atoms with E-state index in [0.717, 1.165) is 7.05 Å². The normalized spacial score (nSPS) is 9.92. The molecular weight excluding hydrogens is 182 g/mol. The number of carboxylic acids is 1. The largest absolute Gasteiger partial charge is 0.476 e. The summed E-state index contributed by atoms with van der Waals surface area (Å²) in [6.45, 7) is 0. The van der Waals surface area contributed by atoms with Crippen LogP contribution in [0.3, 0.4) is 0 Å². The van der Waals surface area contributed by atoms with Crippen molar-refractivity contribution in [1.29, 1.82) is 0 Å². The minimum absolute atomic E-state index is 0.657. The quantitative estimate of drug-likeness (QED) is 0.469. The number of H-pyrrole nitrogens is 1. The molecule has 0 unspecified atom stereocenters. The van der Waals surface area contributed by atoms with Crippen LogP contribution in [0.4, 0.5) is 5.82 Å². The molecule has 1 aromatic rings. The van der Waals surface area contributed by atoms with E-state index in [2.05, 4.69) is 0 Å². The fourth-order valence-corrected chi connectivity index (χ4v) is 0.882. The van der Waals surface area contributed by atoms with Crippen molar-refractivity contribution in [2.75, 3.05) is 0 Å². The topological polar surface area (TPSA) is 118 Å². The van der Waals surface area contributed by atoms with E-state index < -0.39 is 28.1 Å². The van der Waals surface area contributed by atoms with Gasteiger partial charge >= 0.3 is 17.5 Å². The molecule has 0 atom stereocenters. The zero-order chi connectivity index (χ0) is 10.2. The molecule has 0 aliphatic rings. The molecule has 0 spiro atoms. The first kappa shape index (κ1) is 8.97. The van der Waals surface area contributed by atoms with E-state index in [1.54, 1.807) is 0 Å². The van der Waals surface area contributed by atoms with Gasteiger partial charge in [-0.3, -0.25) is 4.57 Å². The van der Waals surface area contributed by atoms with Crippen molar-refractivity contribution >= 4 is 11.8 Å². The lowest BCUT2D eigenvalue weighted by Crippen LogP contribution is -2.16. The molecule has 0 fully saturated rings. The lowest BCUT2D eigenvalue weighted by Gasteiger charge is -1.93. The number of carbonyl (C=O) groups is 1. The van der Waals surface area contributed by atoms with Gasteiger partial charge in [-0.05, 0) is 4.92 Å². The van der Waals surface area contributed by atoms with Gasteiger partial charge in [0.1, 0.15) is 0 Å². The van der Waals surface area contributed by atoms with E-state index in [9.17, 15) is 19.7 Å². The van der Waals surface area contributed by atoms with E-state index in [-0.39, 0.29) is 0 Å². The van der Waals surface area contributed by atoms with Gasteiger partial charge in [-0.15, -0.1) is 0 Å². The number of hydrogen-bond acceptors (Lipinski definition) is 4. The lowest BCUT2D eigenvalue weighted by molar-refractivity contribution is -0.389. The van der Waals surface area contributed by atoms with Gasteiger partial charge in [0.05, 0.1) is 0 Å². The third-order valence-corrected chi connectivity index (χ3v) is 1.47. The highest BCUT2D eigenvalue weighted by atomic mass is 16.6. The number of nitrogens with one attached hydrogen (secondary N) is 1. The van der Waals surface area contributed by atoms with Gasteiger partial charge in [0.15, 0.2) is 0 Å². The van der Waals surface area contributed by atoms with Crippen molar-refractivity contribution in [2.45, 2.75) is 0 Å². The lowest BCUT2D eigenvalue weighted by atomic mass is 10.4. The standard InChI is InChI=1S/C5H5N3O5/c1-7-2(4(9)10)3(8(12)13)6-5(7)11/h1H3,(H,6,11)(H,9,10). The van der Waals surface area contributed by atoms with Crippen molar-refractivity contribution in [1.82, 2.24) is 9.55 Å². The molecule has 2 N–H and O–H groups in total. The van der Waals surface area contributed by atoms with Crippen LogP contribution in [0, 0.1) is 10.1 Å². The summed E-state index contributed by atoms with van der Waals surface area (Å²) >= 11 is 0. The summed E-state index contributed by atoms with van der Waals surface area (Å²) in [4.78, 5) is 32.4. The van der Waals surface area contributed by atoms with Crippen molar-refractivity contribution in [3.8, 4) is 0 Å². The molecule has 0 bridgehead atoms. The fraction of sp³-hybridized carbons (Fsp3) is 0.200. The van der Waals surface area contributed by atoms with Gasteiger partial charge in [-0.1, -0.05) is 0 Å². The number of aromatic nitrogens is 2. The minimum atomic E-state index is -1.52. The second-order valence-electron chi connectivity index (χ2n) is 2.25. The smallest absolute Gasteiger partial charge is 0.414 e. The molecule has 0 saturated carbocycles. The molecule has 8 nitrogen and oxygen atoms in total. The Morgan fingerprint density at radius 3 is 2.54 bits per heavy atom. The minimum Gasteiger partial charge on any atom is -0.476 e. The average Bonchev–Trinajstić information content (AvgIpc) is 2.28. The summed E-state index contributed by atoms with van der Waals surface area (Å²) in [5.41, 5.74) is -1.49. The predicted octanol–water partition coefficient (Wildman–Crippen LogP) is -0.680. The number of aromatic amines is 1. The maximum absolute atomic E-state index is 10.8. The Balaban J connectivity index is 3.53. The van der Waals surface area contributed by atoms with Crippen molar-refractivity contribution in [2.24, 2.45) is 7.05 Å². The summed E-state index contributed by atoms with van der Waals surface area (Å²) in [6, 6.07) is 0. The van der Waals surface area contributed by atoms with Gasteiger partial charge in [-0.25, -0.2) is 9.59 Å². The van der Waals surface area contributed by atoms with Crippen LogP contribution in [0.15, 0.2) is 4.79 Å². The van der Waals surface area contributed by atoms with Gasteiger partial charge in [0, 0.05) is 7.05 Å². The molecule has 0 aliphatic carbocycles. The van der Waals surface area contributed by atoms with E-state index >= 15 is 0 Å². The van der Waals surface area contributed by atoms with Crippen LogP contribution < -0.4 is 5.69 Å². The van der Waals surface area contributed by atoms with E-state index in [0.29, 0.717) is 4.57 Å². The number of imidazole rings is 1. The first-order chi connectivity index (χ1) is 5.95. The second-order valence-corrected chi connectivity index (χ2v) is 2.25. The van der Waals surface area contributed by atoms with Crippen molar-refractivity contribution in [3.05, 3.63) is 26.3 Å². The number of carboxylic acid groups (broad SMARTS) is 1. The summed E-state index contributed by atoms with van der Waals surface area (Å²) in [5.74, 6) is -2.33. The van der Waals surface area contributed by atoms with Gasteiger partial charge in [0.25, 0.3) is 0 Å². The summed E-state index contributed by atoms with van der Waals surface area (Å²) in [5, 5.41) is 18.8. The molecular formula is C5H5N3O5. The molecule has 0 radical (unpaired) electrons. The molecule has 8 heteroatoms. The molecule has 1 aromatic heterocycles. The van der Waals surface area contributed by atoms with Gasteiger partial charge in [0.2, 0.25) is 5.69 Å². The molecule has 1 heterocycles.